The first kappa shape index (κ1) is 12.5. The van der Waals surface area contributed by atoms with E-state index in [0.29, 0.717) is 0 Å². The first-order valence-electron chi connectivity index (χ1n) is 6.47. The van der Waals surface area contributed by atoms with E-state index >= 15 is 0 Å². The van der Waals surface area contributed by atoms with Gasteiger partial charge in [-0.15, -0.1) is 0 Å². The van der Waals surface area contributed by atoms with Gasteiger partial charge in [0.1, 0.15) is 0 Å². The van der Waals surface area contributed by atoms with Crippen molar-refractivity contribution in [2.45, 2.75) is 45.4 Å². The lowest BCUT2D eigenvalue weighted by Crippen LogP contribution is -2.20. The molecule has 0 aliphatic carbocycles. The normalized spacial score (nSPS) is 18.5. The van der Waals surface area contributed by atoms with Crippen molar-refractivity contribution in [3.8, 4) is 0 Å². The van der Waals surface area contributed by atoms with Crippen LogP contribution in [0.1, 0.15) is 45.4 Å². The molecule has 0 atom stereocenters. The van der Waals surface area contributed by atoms with E-state index in [0.717, 1.165) is 6.42 Å². The summed E-state index contributed by atoms with van der Waals surface area (Å²) >= 11 is 0. The molecule has 1 nitrogen and oxygen atoms in total. The second-order valence-electron chi connectivity index (χ2n) is 4.31. The van der Waals surface area contributed by atoms with Crippen molar-refractivity contribution in [2.75, 3.05) is 19.6 Å². The minimum Gasteiger partial charge on any atom is -0.303 e. The molecule has 0 unspecified atom stereocenters. The molecule has 0 amide bonds. The molecule has 0 radical (unpaired) electrons. The maximum Gasteiger partial charge on any atom is -0.00183 e. The minimum absolute atomic E-state index is 1.14. The zero-order valence-corrected chi connectivity index (χ0v) is 10.1. The number of allylic oxidation sites excluding steroid dienone is 4. The standard InChI is InChI=1S/C14H25N/c1-2-3-4-5-6-7-8-9-12-15-13-10-11-14-15/h3-6H,2,7-14H2,1H3/b4-3-,6-5-. The number of hydrogen-bond donors (Lipinski definition) is 0. The zero-order chi connectivity index (χ0) is 10.8. The highest BCUT2D eigenvalue weighted by Crippen LogP contribution is 2.09. The van der Waals surface area contributed by atoms with Crippen molar-refractivity contribution < 1.29 is 0 Å². The predicted octanol–water partition coefficient (Wildman–Crippen LogP) is 3.77. The van der Waals surface area contributed by atoms with Crippen LogP contribution in [0.4, 0.5) is 0 Å². The number of rotatable bonds is 7. The van der Waals surface area contributed by atoms with Crippen LogP contribution in [-0.4, -0.2) is 24.5 Å². The van der Waals surface area contributed by atoms with Gasteiger partial charge >= 0.3 is 0 Å². The molecule has 1 rings (SSSR count). The van der Waals surface area contributed by atoms with Crippen molar-refractivity contribution in [1.82, 2.24) is 4.90 Å². The maximum absolute atomic E-state index is 2.60. The van der Waals surface area contributed by atoms with Crippen molar-refractivity contribution >= 4 is 0 Å². The first-order chi connectivity index (χ1) is 7.43. The van der Waals surface area contributed by atoms with Gasteiger partial charge in [-0.25, -0.2) is 0 Å². The van der Waals surface area contributed by atoms with Crippen LogP contribution in [0.15, 0.2) is 24.3 Å². The fourth-order valence-corrected chi connectivity index (χ4v) is 1.99. The van der Waals surface area contributed by atoms with Crippen molar-refractivity contribution in [3.63, 3.8) is 0 Å². The van der Waals surface area contributed by atoms with E-state index < -0.39 is 0 Å². The van der Waals surface area contributed by atoms with Crippen molar-refractivity contribution in [2.24, 2.45) is 0 Å². The maximum atomic E-state index is 2.60. The third-order valence-corrected chi connectivity index (χ3v) is 2.91. The Labute approximate surface area is 94.9 Å². The highest BCUT2D eigenvalue weighted by Gasteiger charge is 2.09. The number of nitrogens with zero attached hydrogens (tertiary/aromatic N) is 1. The number of hydrogen-bond acceptors (Lipinski definition) is 1. The van der Waals surface area contributed by atoms with Gasteiger partial charge in [0.2, 0.25) is 0 Å². The lowest BCUT2D eigenvalue weighted by atomic mass is 10.2. The lowest BCUT2D eigenvalue weighted by Gasteiger charge is -2.13. The Kier molecular flexibility index (Phi) is 7.28. The van der Waals surface area contributed by atoms with Gasteiger partial charge in [-0.2, -0.15) is 0 Å². The number of likely N-dealkylation sites (tertiary alicyclic amines) is 1. The molecule has 0 aromatic carbocycles. The Morgan fingerprint density at radius 3 is 2.47 bits per heavy atom. The summed E-state index contributed by atoms with van der Waals surface area (Å²) in [6.45, 7) is 6.17. The van der Waals surface area contributed by atoms with Crippen LogP contribution >= 0.6 is 0 Å². The molecule has 0 bridgehead atoms. The molecule has 1 saturated heterocycles. The number of unbranched alkanes of at least 4 members (excludes halogenated alkanes) is 2. The SMILES string of the molecule is CC/C=C\C=C/CCCCN1CCCC1. The summed E-state index contributed by atoms with van der Waals surface area (Å²) < 4.78 is 0. The molecule has 1 fully saturated rings. The van der Waals surface area contributed by atoms with E-state index in [1.165, 1.54) is 51.7 Å². The van der Waals surface area contributed by atoms with Crippen LogP contribution in [0.5, 0.6) is 0 Å². The highest BCUT2D eigenvalue weighted by molar-refractivity contribution is 5.01. The largest absolute Gasteiger partial charge is 0.303 e. The Bertz CT molecular complexity index is 188. The summed E-state index contributed by atoms with van der Waals surface area (Å²) in [6, 6.07) is 0. The molecular formula is C14H25N. The van der Waals surface area contributed by atoms with Crippen LogP contribution in [-0.2, 0) is 0 Å². The summed E-state index contributed by atoms with van der Waals surface area (Å²) in [4.78, 5) is 2.60. The summed E-state index contributed by atoms with van der Waals surface area (Å²) in [7, 11) is 0. The van der Waals surface area contributed by atoms with Gasteiger partial charge in [-0.3, -0.25) is 0 Å². The molecule has 1 heterocycles. The molecule has 15 heavy (non-hydrogen) atoms. The van der Waals surface area contributed by atoms with Gasteiger partial charge in [0.25, 0.3) is 0 Å². The summed E-state index contributed by atoms with van der Waals surface area (Å²) in [5, 5.41) is 0. The zero-order valence-electron chi connectivity index (χ0n) is 10.1. The van der Waals surface area contributed by atoms with Gasteiger partial charge in [-0.05, 0) is 58.2 Å². The van der Waals surface area contributed by atoms with Gasteiger partial charge in [0, 0.05) is 0 Å². The first-order valence-corrected chi connectivity index (χ1v) is 6.47. The Morgan fingerprint density at radius 2 is 1.73 bits per heavy atom. The molecule has 86 valence electrons. The fourth-order valence-electron chi connectivity index (χ4n) is 1.99. The van der Waals surface area contributed by atoms with E-state index in [1.54, 1.807) is 0 Å². The van der Waals surface area contributed by atoms with E-state index in [9.17, 15) is 0 Å². The molecule has 0 spiro atoms. The third kappa shape index (κ3) is 6.51. The van der Waals surface area contributed by atoms with Crippen LogP contribution in [0.25, 0.3) is 0 Å². The Hall–Kier alpha value is -0.560. The van der Waals surface area contributed by atoms with E-state index in [2.05, 4.69) is 36.1 Å². The highest BCUT2D eigenvalue weighted by atomic mass is 15.1. The second kappa shape index (κ2) is 8.72. The predicted molar refractivity (Wildman–Crippen MR) is 68.1 cm³/mol. The van der Waals surface area contributed by atoms with Gasteiger partial charge in [0.05, 0.1) is 0 Å². The quantitative estimate of drug-likeness (QED) is 0.453. The molecule has 0 N–H and O–H groups in total. The second-order valence-corrected chi connectivity index (χ2v) is 4.31. The Morgan fingerprint density at radius 1 is 1.00 bits per heavy atom. The van der Waals surface area contributed by atoms with Gasteiger partial charge in [0.15, 0.2) is 0 Å². The van der Waals surface area contributed by atoms with Crippen LogP contribution in [0.2, 0.25) is 0 Å². The average molecular weight is 207 g/mol. The van der Waals surface area contributed by atoms with Gasteiger partial charge in [-0.1, -0.05) is 31.2 Å². The van der Waals surface area contributed by atoms with Crippen molar-refractivity contribution in [1.29, 1.82) is 0 Å². The fraction of sp³-hybridized carbons (Fsp3) is 0.714. The van der Waals surface area contributed by atoms with Gasteiger partial charge < -0.3 is 4.90 Å². The van der Waals surface area contributed by atoms with Crippen LogP contribution in [0.3, 0.4) is 0 Å². The van der Waals surface area contributed by atoms with Crippen LogP contribution in [0, 0.1) is 0 Å². The van der Waals surface area contributed by atoms with Crippen LogP contribution < -0.4 is 0 Å². The molecule has 0 aromatic rings. The molecule has 1 heteroatoms. The summed E-state index contributed by atoms with van der Waals surface area (Å²) in [5.41, 5.74) is 0. The average Bonchev–Trinajstić information content (AvgIpc) is 2.75. The molecule has 1 aliphatic heterocycles. The Balaban J connectivity index is 1.88. The van der Waals surface area contributed by atoms with Crippen molar-refractivity contribution in [3.05, 3.63) is 24.3 Å². The molecular weight excluding hydrogens is 182 g/mol. The smallest absolute Gasteiger partial charge is 0.00183 e. The van der Waals surface area contributed by atoms with E-state index in [-0.39, 0.29) is 0 Å². The minimum atomic E-state index is 1.14. The summed E-state index contributed by atoms with van der Waals surface area (Å²) in [6.07, 6.45) is 16.7. The van der Waals surface area contributed by atoms with E-state index in [1.807, 2.05) is 0 Å². The molecule has 0 aromatic heterocycles. The van der Waals surface area contributed by atoms with E-state index in [4.69, 9.17) is 0 Å². The lowest BCUT2D eigenvalue weighted by molar-refractivity contribution is 0.330. The molecule has 1 aliphatic rings. The molecule has 0 saturated carbocycles. The third-order valence-electron chi connectivity index (χ3n) is 2.91. The summed E-state index contributed by atoms with van der Waals surface area (Å²) in [5.74, 6) is 0. The topological polar surface area (TPSA) is 3.24 Å². The monoisotopic (exact) mass is 207 g/mol.